The summed E-state index contributed by atoms with van der Waals surface area (Å²) in [5, 5.41) is 6.15. The van der Waals surface area contributed by atoms with E-state index in [2.05, 4.69) is 20.6 Å². The Morgan fingerprint density at radius 3 is 2.58 bits per heavy atom. The fourth-order valence-corrected chi connectivity index (χ4v) is 3.64. The molecule has 31 heavy (non-hydrogen) atoms. The predicted octanol–water partition coefficient (Wildman–Crippen LogP) is 2.47. The maximum absolute atomic E-state index is 12.6. The van der Waals surface area contributed by atoms with E-state index in [9.17, 15) is 9.59 Å². The van der Waals surface area contributed by atoms with E-state index in [-0.39, 0.29) is 24.2 Å². The fraction of sp³-hybridized carbons (Fsp3) is 0.304. The summed E-state index contributed by atoms with van der Waals surface area (Å²) in [7, 11) is 0. The average Bonchev–Trinajstić information content (AvgIpc) is 3.41. The first-order valence-corrected chi connectivity index (χ1v) is 10.4. The van der Waals surface area contributed by atoms with Crippen LogP contribution in [0.15, 0.2) is 54.9 Å². The molecule has 0 bridgehead atoms. The number of nitrogens with one attached hydrogen (secondary N) is 2. The minimum absolute atomic E-state index is 0.0175. The number of carbonyl (C=O) groups excluding carboxylic acids is 2. The van der Waals surface area contributed by atoms with Gasteiger partial charge < -0.3 is 20.1 Å². The van der Waals surface area contributed by atoms with Crippen LogP contribution in [0.4, 0.5) is 11.5 Å². The second kappa shape index (κ2) is 8.99. The van der Waals surface area contributed by atoms with Gasteiger partial charge in [0.05, 0.1) is 5.92 Å². The minimum Gasteiger partial charge on any atom is -0.368 e. The van der Waals surface area contributed by atoms with Gasteiger partial charge in [0.2, 0.25) is 11.8 Å². The Morgan fingerprint density at radius 2 is 1.84 bits per heavy atom. The average molecular weight is 419 g/mol. The molecule has 1 aliphatic rings. The summed E-state index contributed by atoms with van der Waals surface area (Å²) in [5.74, 6) is 1.69. The van der Waals surface area contributed by atoms with Crippen molar-refractivity contribution in [2.45, 2.75) is 20.3 Å². The quantitative estimate of drug-likeness (QED) is 0.575. The molecule has 0 spiro atoms. The number of carbonyl (C=O) groups is 2. The van der Waals surface area contributed by atoms with Crippen molar-refractivity contribution in [3.8, 4) is 5.82 Å². The molecular formula is C23H26N6O2. The molecule has 2 N–H and O–H groups in total. The van der Waals surface area contributed by atoms with Gasteiger partial charge in [0.1, 0.15) is 17.5 Å². The smallest absolute Gasteiger partial charge is 0.227 e. The number of hydrogen-bond acceptors (Lipinski definition) is 5. The molecule has 1 aliphatic heterocycles. The number of amides is 2. The molecule has 0 aliphatic carbocycles. The SMILES string of the molecule is Cc1ccc(N2CC(C(=O)NCCNc3cc(-n4cccc4)nc(C)n3)CC2=O)cc1. The molecule has 1 atom stereocenters. The standard InChI is InChI=1S/C23H26N6O2/c1-16-5-7-19(8-6-16)29-15-18(13-22(29)30)23(31)25-10-9-24-20-14-21(27-17(2)26-20)28-11-3-4-12-28/h3-8,11-12,14,18H,9-10,13,15H2,1-2H3,(H,25,31)(H,24,26,27). The van der Waals surface area contributed by atoms with E-state index in [1.54, 1.807) is 4.90 Å². The number of anilines is 2. The molecule has 1 aromatic carbocycles. The van der Waals surface area contributed by atoms with Gasteiger partial charge in [0.15, 0.2) is 0 Å². The maximum atomic E-state index is 12.6. The van der Waals surface area contributed by atoms with Crippen molar-refractivity contribution in [1.29, 1.82) is 0 Å². The lowest BCUT2D eigenvalue weighted by atomic mass is 10.1. The molecule has 160 valence electrons. The fourth-order valence-electron chi connectivity index (χ4n) is 3.64. The van der Waals surface area contributed by atoms with Crippen LogP contribution in [-0.2, 0) is 9.59 Å². The van der Waals surface area contributed by atoms with Crippen molar-refractivity contribution in [1.82, 2.24) is 19.9 Å². The zero-order valence-electron chi connectivity index (χ0n) is 17.7. The third-order valence-electron chi connectivity index (χ3n) is 5.27. The lowest BCUT2D eigenvalue weighted by Crippen LogP contribution is -2.35. The summed E-state index contributed by atoms with van der Waals surface area (Å²) in [6.07, 6.45) is 4.08. The van der Waals surface area contributed by atoms with Crippen LogP contribution in [0.25, 0.3) is 5.82 Å². The van der Waals surface area contributed by atoms with Crippen LogP contribution in [0.2, 0.25) is 0 Å². The van der Waals surface area contributed by atoms with Crippen LogP contribution in [0, 0.1) is 19.8 Å². The number of nitrogens with zero attached hydrogens (tertiary/aromatic N) is 4. The maximum Gasteiger partial charge on any atom is 0.227 e. The molecule has 2 aromatic heterocycles. The first-order chi connectivity index (χ1) is 15.0. The summed E-state index contributed by atoms with van der Waals surface area (Å²) in [6, 6.07) is 13.5. The van der Waals surface area contributed by atoms with E-state index in [0.717, 1.165) is 17.1 Å². The van der Waals surface area contributed by atoms with Gasteiger partial charge in [-0.3, -0.25) is 9.59 Å². The molecule has 4 rings (SSSR count). The van der Waals surface area contributed by atoms with Crippen LogP contribution >= 0.6 is 0 Å². The Balaban J connectivity index is 1.27. The molecule has 3 aromatic rings. The van der Waals surface area contributed by atoms with Gasteiger partial charge in [-0.05, 0) is 38.1 Å². The van der Waals surface area contributed by atoms with Crippen molar-refractivity contribution < 1.29 is 9.59 Å². The Hall–Kier alpha value is -3.68. The molecule has 8 nitrogen and oxygen atoms in total. The van der Waals surface area contributed by atoms with Gasteiger partial charge in [-0.25, -0.2) is 9.97 Å². The molecule has 8 heteroatoms. The number of benzene rings is 1. The second-order valence-corrected chi connectivity index (χ2v) is 7.71. The Morgan fingerprint density at radius 1 is 1.10 bits per heavy atom. The molecule has 1 fully saturated rings. The summed E-state index contributed by atoms with van der Waals surface area (Å²) >= 11 is 0. The largest absolute Gasteiger partial charge is 0.368 e. The second-order valence-electron chi connectivity index (χ2n) is 7.71. The van der Waals surface area contributed by atoms with Crippen molar-refractivity contribution in [2.75, 3.05) is 29.9 Å². The van der Waals surface area contributed by atoms with Gasteiger partial charge in [-0.1, -0.05) is 17.7 Å². The molecule has 0 radical (unpaired) electrons. The summed E-state index contributed by atoms with van der Waals surface area (Å²) in [4.78, 5) is 35.4. The van der Waals surface area contributed by atoms with Crippen LogP contribution in [-0.4, -0.2) is 46.0 Å². The van der Waals surface area contributed by atoms with E-state index in [1.807, 2.05) is 73.3 Å². The molecule has 0 saturated carbocycles. The third kappa shape index (κ3) is 4.91. The van der Waals surface area contributed by atoms with Crippen LogP contribution in [0.5, 0.6) is 0 Å². The Kier molecular flexibility index (Phi) is 5.97. The van der Waals surface area contributed by atoms with Crippen LogP contribution in [0.3, 0.4) is 0 Å². The molecular weight excluding hydrogens is 392 g/mol. The van der Waals surface area contributed by atoms with Crippen molar-refractivity contribution >= 4 is 23.3 Å². The highest BCUT2D eigenvalue weighted by Gasteiger charge is 2.34. The predicted molar refractivity (Wildman–Crippen MR) is 119 cm³/mol. The zero-order valence-corrected chi connectivity index (χ0v) is 17.7. The van der Waals surface area contributed by atoms with Gasteiger partial charge in [0.25, 0.3) is 0 Å². The normalized spacial score (nSPS) is 15.9. The van der Waals surface area contributed by atoms with Crippen molar-refractivity contribution in [3.63, 3.8) is 0 Å². The first kappa shape index (κ1) is 20.6. The molecule has 2 amide bonds. The van der Waals surface area contributed by atoms with Crippen LogP contribution in [0.1, 0.15) is 17.8 Å². The lowest BCUT2D eigenvalue weighted by molar-refractivity contribution is -0.126. The third-order valence-corrected chi connectivity index (χ3v) is 5.27. The minimum atomic E-state index is -0.338. The van der Waals surface area contributed by atoms with E-state index in [4.69, 9.17) is 0 Å². The van der Waals surface area contributed by atoms with Gasteiger partial charge in [-0.2, -0.15) is 0 Å². The number of hydrogen-bond donors (Lipinski definition) is 2. The number of aromatic nitrogens is 3. The van der Waals surface area contributed by atoms with Crippen molar-refractivity contribution in [2.24, 2.45) is 5.92 Å². The van der Waals surface area contributed by atoms with E-state index in [1.165, 1.54) is 0 Å². The number of rotatable bonds is 7. The summed E-state index contributed by atoms with van der Waals surface area (Å²) in [5.41, 5.74) is 1.97. The summed E-state index contributed by atoms with van der Waals surface area (Å²) in [6.45, 7) is 5.22. The van der Waals surface area contributed by atoms with Crippen LogP contribution < -0.4 is 15.5 Å². The highest BCUT2D eigenvalue weighted by molar-refractivity contribution is 6.00. The molecule has 1 saturated heterocycles. The molecule has 1 unspecified atom stereocenters. The molecule has 3 heterocycles. The highest BCUT2D eigenvalue weighted by Crippen LogP contribution is 2.25. The van der Waals surface area contributed by atoms with Gasteiger partial charge in [-0.15, -0.1) is 0 Å². The van der Waals surface area contributed by atoms with Crippen molar-refractivity contribution in [3.05, 3.63) is 66.2 Å². The van der Waals surface area contributed by atoms with E-state index >= 15 is 0 Å². The van der Waals surface area contributed by atoms with E-state index in [0.29, 0.717) is 31.3 Å². The lowest BCUT2D eigenvalue weighted by Gasteiger charge is -2.17. The zero-order chi connectivity index (χ0) is 21.8. The Labute approximate surface area is 181 Å². The highest BCUT2D eigenvalue weighted by atomic mass is 16.2. The first-order valence-electron chi connectivity index (χ1n) is 10.4. The van der Waals surface area contributed by atoms with Gasteiger partial charge in [0, 0.05) is 50.2 Å². The monoisotopic (exact) mass is 418 g/mol. The topological polar surface area (TPSA) is 92.2 Å². The Bertz CT molecular complexity index is 1060. The van der Waals surface area contributed by atoms with E-state index < -0.39 is 0 Å². The summed E-state index contributed by atoms with van der Waals surface area (Å²) < 4.78 is 1.92. The number of aryl methyl sites for hydroxylation is 2. The van der Waals surface area contributed by atoms with Gasteiger partial charge >= 0.3 is 0 Å².